The summed E-state index contributed by atoms with van der Waals surface area (Å²) in [5.74, 6) is -1.72. The van der Waals surface area contributed by atoms with E-state index in [1.165, 1.54) is 12.1 Å². The van der Waals surface area contributed by atoms with E-state index >= 15 is 0 Å². The van der Waals surface area contributed by atoms with Gasteiger partial charge in [0.25, 0.3) is 5.91 Å². The number of aliphatic carboxylic acids is 1. The molecule has 0 fully saturated rings. The largest absolute Gasteiger partial charge is 0.481 e. The molecule has 2 N–H and O–H groups in total. The summed E-state index contributed by atoms with van der Waals surface area (Å²) in [5, 5.41) is 11.2. The molecule has 0 saturated carbocycles. The Morgan fingerprint density at radius 3 is 2.38 bits per heavy atom. The average Bonchev–Trinajstić information content (AvgIpc) is 3.02. The lowest BCUT2D eigenvalue weighted by Gasteiger charge is -2.17. The maximum atomic E-state index is 12.3. The van der Waals surface area contributed by atoms with Crippen molar-refractivity contribution >= 4 is 21.7 Å². The maximum absolute atomic E-state index is 12.3. The lowest BCUT2D eigenvalue weighted by Crippen LogP contribution is -2.28. The Morgan fingerprint density at radius 1 is 1.17 bits per heavy atom. The fourth-order valence-corrected chi connectivity index (χ4v) is 2.70. The fourth-order valence-electron chi connectivity index (χ4n) is 2.15. The molecule has 0 spiro atoms. The molecule has 1 amide bonds. The van der Waals surface area contributed by atoms with Gasteiger partial charge in [0.1, 0.15) is 0 Å². The van der Waals surface area contributed by atoms with Gasteiger partial charge in [0.2, 0.25) is 14.9 Å². The highest BCUT2D eigenvalue weighted by Gasteiger charge is 2.21. The molecule has 1 heterocycles. The van der Waals surface area contributed by atoms with Crippen LogP contribution in [0.15, 0.2) is 52.0 Å². The van der Waals surface area contributed by atoms with Crippen molar-refractivity contribution in [2.45, 2.75) is 24.0 Å². The Hall–Kier alpha value is -2.61. The monoisotopic (exact) mass is 351 g/mol. The Bertz CT molecular complexity index is 825. The Kier molecular flexibility index (Phi) is 5.40. The van der Waals surface area contributed by atoms with Crippen molar-refractivity contribution in [2.24, 2.45) is 0 Å². The molecule has 7 nitrogen and oxygen atoms in total. The van der Waals surface area contributed by atoms with Gasteiger partial charge in [-0.05, 0) is 24.1 Å². The van der Waals surface area contributed by atoms with E-state index in [2.05, 4.69) is 5.32 Å². The zero-order chi connectivity index (χ0) is 17.7. The zero-order valence-electron chi connectivity index (χ0n) is 12.9. The fraction of sp³-hybridized carbons (Fsp3) is 0.250. The van der Waals surface area contributed by atoms with Gasteiger partial charge in [-0.2, -0.15) is 0 Å². The summed E-state index contributed by atoms with van der Waals surface area (Å²) in [6.45, 7) is 0. The SMILES string of the molecule is CS(=O)(=O)c1ccc(C(=O)NC(CCC(=O)O)c2ccccc2)o1. The van der Waals surface area contributed by atoms with Crippen molar-refractivity contribution in [3.63, 3.8) is 0 Å². The standard InChI is InChI=1S/C16H17NO6S/c1-24(21,22)15-10-8-13(23-15)16(20)17-12(7-9-14(18)19)11-5-3-2-4-6-11/h2-6,8,10,12H,7,9H2,1H3,(H,17,20)(H,18,19). The van der Waals surface area contributed by atoms with Crippen LogP contribution < -0.4 is 5.32 Å². The van der Waals surface area contributed by atoms with E-state index < -0.39 is 27.8 Å². The topological polar surface area (TPSA) is 114 Å². The molecule has 0 radical (unpaired) electrons. The molecule has 2 rings (SSSR count). The molecule has 1 atom stereocenters. The lowest BCUT2D eigenvalue weighted by atomic mass is 10.0. The van der Waals surface area contributed by atoms with Crippen molar-refractivity contribution in [3.8, 4) is 0 Å². The number of carbonyl (C=O) groups is 2. The summed E-state index contributed by atoms with van der Waals surface area (Å²) in [7, 11) is -3.54. The van der Waals surface area contributed by atoms with Gasteiger partial charge < -0.3 is 14.8 Å². The van der Waals surface area contributed by atoms with Crippen molar-refractivity contribution in [1.29, 1.82) is 0 Å². The Labute approximate surface area is 139 Å². The molecule has 1 aromatic heterocycles. The van der Waals surface area contributed by atoms with Crippen LogP contribution in [0.3, 0.4) is 0 Å². The molecule has 0 aliphatic rings. The van der Waals surface area contributed by atoms with Crippen LogP contribution in [0.2, 0.25) is 0 Å². The summed E-state index contributed by atoms with van der Waals surface area (Å²) >= 11 is 0. The minimum atomic E-state index is -3.54. The third-order valence-electron chi connectivity index (χ3n) is 3.32. The summed E-state index contributed by atoms with van der Waals surface area (Å²) in [6, 6.07) is 10.9. The normalized spacial score (nSPS) is 12.5. The first-order chi connectivity index (χ1) is 11.3. The Morgan fingerprint density at radius 2 is 1.83 bits per heavy atom. The number of furan rings is 1. The molecule has 8 heteroatoms. The van der Waals surface area contributed by atoms with Crippen LogP contribution >= 0.6 is 0 Å². The van der Waals surface area contributed by atoms with Gasteiger partial charge in [-0.15, -0.1) is 0 Å². The zero-order valence-corrected chi connectivity index (χ0v) is 13.7. The summed E-state index contributed by atoms with van der Waals surface area (Å²) < 4.78 is 27.9. The third kappa shape index (κ3) is 4.69. The van der Waals surface area contributed by atoms with E-state index in [0.717, 1.165) is 11.8 Å². The minimum Gasteiger partial charge on any atom is -0.481 e. The number of carboxylic acid groups (broad SMARTS) is 1. The molecule has 128 valence electrons. The van der Waals surface area contributed by atoms with Crippen LogP contribution in [-0.4, -0.2) is 31.7 Å². The second kappa shape index (κ2) is 7.31. The van der Waals surface area contributed by atoms with Gasteiger partial charge in [-0.25, -0.2) is 8.42 Å². The maximum Gasteiger partial charge on any atom is 0.303 e. The van der Waals surface area contributed by atoms with E-state index in [4.69, 9.17) is 9.52 Å². The number of nitrogens with one attached hydrogen (secondary N) is 1. The van der Waals surface area contributed by atoms with E-state index in [0.29, 0.717) is 0 Å². The van der Waals surface area contributed by atoms with Gasteiger partial charge in [-0.1, -0.05) is 30.3 Å². The van der Waals surface area contributed by atoms with Crippen molar-refractivity contribution < 1.29 is 27.5 Å². The smallest absolute Gasteiger partial charge is 0.303 e. The van der Waals surface area contributed by atoms with Crippen molar-refractivity contribution in [3.05, 3.63) is 53.8 Å². The first-order valence-electron chi connectivity index (χ1n) is 7.15. The number of sulfone groups is 1. The molecular formula is C16H17NO6S. The molecule has 2 aromatic rings. The number of rotatable bonds is 7. The van der Waals surface area contributed by atoms with Crippen LogP contribution in [0, 0.1) is 0 Å². The first-order valence-corrected chi connectivity index (χ1v) is 9.04. The number of benzene rings is 1. The van der Waals surface area contributed by atoms with E-state index in [1.807, 2.05) is 6.07 Å². The van der Waals surface area contributed by atoms with Gasteiger partial charge in [0.05, 0.1) is 6.04 Å². The summed E-state index contributed by atoms with van der Waals surface area (Å²) in [5.41, 5.74) is 0.752. The predicted molar refractivity (Wildman–Crippen MR) is 85.3 cm³/mol. The molecule has 1 aromatic carbocycles. The number of hydrogen-bond acceptors (Lipinski definition) is 5. The van der Waals surface area contributed by atoms with Crippen molar-refractivity contribution in [2.75, 3.05) is 6.26 Å². The average molecular weight is 351 g/mol. The molecule has 0 aliphatic carbocycles. The van der Waals surface area contributed by atoms with Gasteiger partial charge in [-0.3, -0.25) is 9.59 Å². The second-order valence-electron chi connectivity index (χ2n) is 5.26. The molecule has 24 heavy (non-hydrogen) atoms. The Balaban J connectivity index is 2.17. The van der Waals surface area contributed by atoms with Crippen LogP contribution in [0.1, 0.15) is 35.0 Å². The number of carboxylic acids is 1. The lowest BCUT2D eigenvalue weighted by molar-refractivity contribution is -0.137. The second-order valence-corrected chi connectivity index (χ2v) is 7.21. The van der Waals surface area contributed by atoms with Gasteiger partial charge in [0, 0.05) is 12.7 Å². The summed E-state index contributed by atoms with van der Waals surface area (Å²) in [6.07, 6.45) is 1.06. The van der Waals surface area contributed by atoms with Crippen LogP contribution in [0.4, 0.5) is 0 Å². The number of hydrogen-bond donors (Lipinski definition) is 2. The highest BCUT2D eigenvalue weighted by atomic mass is 32.2. The molecule has 0 bridgehead atoms. The molecule has 1 unspecified atom stereocenters. The summed E-state index contributed by atoms with van der Waals surface area (Å²) in [4.78, 5) is 23.1. The number of carbonyl (C=O) groups excluding carboxylic acids is 1. The van der Waals surface area contributed by atoms with Gasteiger partial charge >= 0.3 is 5.97 Å². The predicted octanol–water partition coefficient (Wildman–Crippen LogP) is 2.02. The van der Waals surface area contributed by atoms with Gasteiger partial charge in [0.15, 0.2) is 5.76 Å². The van der Waals surface area contributed by atoms with E-state index in [9.17, 15) is 18.0 Å². The number of amides is 1. The quantitative estimate of drug-likeness (QED) is 0.789. The highest BCUT2D eigenvalue weighted by molar-refractivity contribution is 7.90. The minimum absolute atomic E-state index is 0.118. The molecule has 0 aliphatic heterocycles. The first kappa shape index (κ1) is 17.7. The highest BCUT2D eigenvalue weighted by Crippen LogP contribution is 2.20. The third-order valence-corrected chi connectivity index (χ3v) is 4.28. The van der Waals surface area contributed by atoms with Crippen LogP contribution in [0.5, 0.6) is 0 Å². The molecular weight excluding hydrogens is 334 g/mol. The molecule has 0 saturated heterocycles. The van der Waals surface area contributed by atoms with Crippen LogP contribution in [0.25, 0.3) is 0 Å². The van der Waals surface area contributed by atoms with E-state index in [-0.39, 0.29) is 23.7 Å². The van der Waals surface area contributed by atoms with Crippen molar-refractivity contribution in [1.82, 2.24) is 5.32 Å². The van der Waals surface area contributed by atoms with E-state index in [1.54, 1.807) is 24.3 Å². The van der Waals surface area contributed by atoms with Crippen LogP contribution in [-0.2, 0) is 14.6 Å².